The van der Waals surface area contributed by atoms with Gasteiger partial charge in [0.15, 0.2) is 0 Å². The molecule has 0 radical (unpaired) electrons. The van der Waals surface area contributed by atoms with Crippen molar-refractivity contribution >= 4 is 27.4 Å². The molecule has 1 aliphatic rings. The number of aliphatic carboxylic acids is 1. The van der Waals surface area contributed by atoms with Gasteiger partial charge in [-0.05, 0) is 66.4 Å². The Morgan fingerprint density at radius 3 is 2.96 bits per heavy atom. The summed E-state index contributed by atoms with van der Waals surface area (Å²) < 4.78 is 7.00. The van der Waals surface area contributed by atoms with Crippen LogP contribution in [0.15, 0.2) is 53.9 Å². The largest absolute Gasteiger partial charge is 0.494 e. The maximum absolute atomic E-state index is 11.7. The zero-order valence-corrected chi connectivity index (χ0v) is 16.8. The summed E-state index contributed by atoms with van der Waals surface area (Å²) >= 11 is 1.75. The van der Waals surface area contributed by atoms with E-state index in [1.807, 2.05) is 19.1 Å². The molecule has 4 nitrogen and oxygen atoms in total. The standard InChI is InChI=1S/C23H25NO3S/c1-2-27-18-9-5-7-16(13-18)22(24-12-6-8-17(14-24)23(25)26)20-15-28-21-11-4-3-10-19(20)21/h3-5,7,9-11,13,15,17,22H,2,6,8,12,14H2,1H3,(H,25,26). The first-order valence-electron chi connectivity index (χ1n) is 9.83. The minimum absolute atomic E-state index is 0.0266. The average Bonchev–Trinajstić information content (AvgIpc) is 3.13. The first-order chi connectivity index (χ1) is 13.7. The Balaban J connectivity index is 1.79. The van der Waals surface area contributed by atoms with Crippen molar-refractivity contribution in [3.63, 3.8) is 0 Å². The van der Waals surface area contributed by atoms with Gasteiger partial charge < -0.3 is 9.84 Å². The second-order valence-electron chi connectivity index (χ2n) is 7.27. The Kier molecular flexibility index (Phi) is 5.64. The van der Waals surface area contributed by atoms with Gasteiger partial charge in [-0.1, -0.05) is 30.3 Å². The van der Waals surface area contributed by atoms with Crippen LogP contribution in [-0.2, 0) is 4.79 Å². The SMILES string of the molecule is CCOc1cccc(C(c2csc3ccccc23)N2CCCC(C(=O)O)C2)c1. The quantitative estimate of drug-likeness (QED) is 0.624. The van der Waals surface area contributed by atoms with Gasteiger partial charge in [-0.3, -0.25) is 9.69 Å². The van der Waals surface area contributed by atoms with Crippen molar-refractivity contribution in [3.8, 4) is 5.75 Å². The van der Waals surface area contributed by atoms with Gasteiger partial charge in [0.2, 0.25) is 0 Å². The topological polar surface area (TPSA) is 49.8 Å². The second-order valence-corrected chi connectivity index (χ2v) is 8.18. The third kappa shape index (κ3) is 3.77. The average molecular weight is 396 g/mol. The molecule has 2 unspecified atom stereocenters. The highest BCUT2D eigenvalue weighted by molar-refractivity contribution is 7.17. The normalized spacial score (nSPS) is 18.8. The molecule has 146 valence electrons. The molecule has 3 aromatic rings. The number of fused-ring (bicyclic) bond motifs is 1. The zero-order chi connectivity index (χ0) is 19.5. The van der Waals surface area contributed by atoms with Crippen LogP contribution in [0.5, 0.6) is 5.75 Å². The fourth-order valence-electron chi connectivity index (χ4n) is 4.18. The molecule has 0 aliphatic carbocycles. The molecule has 2 atom stereocenters. The molecule has 0 bridgehead atoms. The first-order valence-corrected chi connectivity index (χ1v) is 10.7. The summed E-state index contributed by atoms with van der Waals surface area (Å²) in [6.07, 6.45) is 1.66. The van der Waals surface area contributed by atoms with Crippen LogP contribution in [0.1, 0.15) is 36.9 Å². The molecule has 1 saturated heterocycles. The third-order valence-corrected chi connectivity index (χ3v) is 6.44. The molecule has 28 heavy (non-hydrogen) atoms. The summed E-state index contributed by atoms with van der Waals surface area (Å²) in [4.78, 5) is 14.0. The van der Waals surface area contributed by atoms with Crippen LogP contribution in [0.4, 0.5) is 0 Å². The van der Waals surface area contributed by atoms with Crippen molar-refractivity contribution in [2.24, 2.45) is 5.92 Å². The second kappa shape index (κ2) is 8.33. The van der Waals surface area contributed by atoms with E-state index in [0.717, 1.165) is 30.7 Å². The number of benzene rings is 2. The van der Waals surface area contributed by atoms with E-state index < -0.39 is 5.97 Å². The molecule has 0 saturated carbocycles. The van der Waals surface area contributed by atoms with Crippen molar-refractivity contribution < 1.29 is 14.6 Å². The summed E-state index contributed by atoms with van der Waals surface area (Å²) in [6.45, 7) is 4.08. The summed E-state index contributed by atoms with van der Waals surface area (Å²) in [5.41, 5.74) is 2.40. The molecule has 1 aromatic heterocycles. The number of carboxylic acids is 1. The monoisotopic (exact) mass is 395 g/mol. The predicted molar refractivity (Wildman–Crippen MR) is 113 cm³/mol. The molecule has 5 heteroatoms. The van der Waals surface area contributed by atoms with Crippen LogP contribution >= 0.6 is 11.3 Å². The Morgan fingerprint density at radius 2 is 2.14 bits per heavy atom. The fraction of sp³-hybridized carbons (Fsp3) is 0.348. The fourth-order valence-corrected chi connectivity index (χ4v) is 5.16. The van der Waals surface area contributed by atoms with Crippen LogP contribution in [0.2, 0.25) is 0 Å². The lowest BCUT2D eigenvalue weighted by Crippen LogP contribution is -2.41. The van der Waals surface area contributed by atoms with Crippen LogP contribution in [0.3, 0.4) is 0 Å². The maximum atomic E-state index is 11.7. The van der Waals surface area contributed by atoms with E-state index in [9.17, 15) is 9.90 Å². The van der Waals surface area contributed by atoms with E-state index in [-0.39, 0.29) is 12.0 Å². The Morgan fingerprint density at radius 1 is 1.29 bits per heavy atom. The summed E-state index contributed by atoms with van der Waals surface area (Å²) in [7, 11) is 0. The highest BCUT2D eigenvalue weighted by Crippen LogP contribution is 2.39. The van der Waals surface area contributed by atoms with E-state index in [0.29, 0.717) is 13.2 Å². The number of rotatable bonds is 6. The lowest BCUT2D eigenvalue weighted by molar-refractivity contribution is -0.143. The first kappa shape index (κ1) is 19.0. The Labute approximate surface area is 169 Å². The Bertz CT molecular complexity index is 967. The number of carboxylic acid groups (broad SMARTS) is 1. The molecule has 0 spiro atoms. The van der Waals surface area contributed by atoms with Crippen molar-refractivity contribution in [2.75, 3.05) is 19.7 Å². The number of carbonyl (C=O) groups is 1. The van der Waals surface area contributed by atoms with E-state index >= 15 is 0 Å². The minimum atomic E-state index is -0.693. The molecule has 0 amide bonds. The van der Waals surface area contributed by atoms with Gasteiger partial charge in [-0.2, -0.15) is 0 Å². The predicted octanol–water partition coefficient (Wildman–Crippen LogP) is 5.19. The molecular weight excluding hydrogens is 370 g/mol. The van der Waals surface area contributed by atoms with E-state index in [1.54, 1.807) is 11.3 Å². The Hall–Kier alpha value is -2.37. The molecule has 2 heterocycles. The molecular formula is C23H25NO3S. The van der Waals surface area contributed by atoms with Gasteiger partial charge in [0.1, 0.15) is 5.75 Å². The highest BCUT2D eigenvalue weighted by Gasteiger charge is 2.32. The van der Waals surface area contributed by atoms with Gasteiger partial charge in [-0.15, -0.1) is 11.3 Å². The maximum Gasteiger partial charge on any atom is 0.307 e. The number of hydrogen-bond acceptors (Lipinski definition) is 4. The number of nitrogens with zero attached hydrogens (tertiary/aromatic N) is 1. The van der Waals surface area contributed by atoms with E-state index in [2.05, 4.69) is 46.7 Å². The molecule has 2 aromatic carbocycles. The molecule has 1 fully saturated rings. The lowest BCUT2D eigenvalue weighted by Gasteiger charge is -2.37. The molecule has 1 aliphatic heterocycles. The zero-order valence-electron chi connectivity index (χ0n) is 16.0. The number of ether oxygens (including phenoxy) is 1. The van der Waals surface area contributed by atoms with Gasteiger partial charge >= 0.3 is 5.97 Å². The van der Waals surface area contributed by atoms with Crippen LogP contribution in [0, 0.1) is 5.92 Å². The molecule has 4 rings (SSSR count). The van der Waals surface area contributed by atoms with Crippen molar-refractivity contribution in [2.45, 2.75) is 25.8 Å². The van der Waals surface area contributed by atoms with Crippen molar-refractivity contribution in [3.05, 3.63) is 65.0 Å². The number of thiophene rings is 1. The minimum Gasteiger partial charge on any atom is -0.494 e. The summed E-state index contributed by atoms with van der Waals surface area (Å²) in [5, 5.41) is 13.1. The van der Waals surface area contributed by atoms with E-state index in [4.69, 9.17) is 4.74 Å². The van der Waals surface area contributed by atoms with Gasteiger partial charge in [0.05, 0.1) is 18.6 Å². The van der Waals surface area contributed by atoms with Crippen molar-refractivity contribution in [1.82, 2.24) is 4.90 Å². The number of likely N-dealkylation sites (tertiary alicyclic amines) is 1. The van der Waals surface area contributed by atoms with Crippen LogP contribution in [-0.4, -0.2) is 35.7 Å². The van der Waals surface area contributed by atoms with E-state index in [1.165, 1.54) is 15.6 Å². The third-order valence-electron chi connectivity index (χ3n) is 5.46. The lowest BCUT2D eigenvalue weighted by atomic mass is 9.91. The van der Waals surface area contributed by atoms with Crippen LogP contribution < -0.4 is 4.74 Å². The van der Waals surface area contributed by atoms with Crippen molar-refractivity contribution in [1.29, 1.82) is 0 Å². The van der Waals surface area contributed by atoms with Crippen LogP contribution in [0.25, 0.3) is 10.1 Å². The highest BCUT2D eigenvalue weighted by atomic mass is 32.1. The summed E-state index contributed by atoms with van der Waals surface area (Å²) in [5.74, 6) is -0.144. The van der Waals surface area contributed by atoms with Gasteiger partial charge in [0, 0.05) is 11.2 Å². The smallest absolute Gasteiger partial charge is 0.307 e. The summed E-state index contributed by atoms with van der Waals surface area (Å²) in [6, 6.07) is 16.7. The van der Waals surface area contributed by atoms with Gasteiger partial charge in [-0.25, -0.2) is 0 Å². The van der Waals surface area contributed by atoms with Gasteiger partial charge in [0.25, 0.3) is 0 Å². The number of hydrogen-bond donors (Lipinski definition) is 1. The number of piperidine rings is 1. The molecule has 1 N–H and O–H groups in total.